The predicted molar refractivity (Wildman–Crippen MR) is 99.0 cm³/mol. The number of hydrogen-bond donors (Lipinski definition) is 0. The Bertz CT molecular complexity index is 1120. The highest BCUT2D eigenvalue weighted by molar-refractivity contribution is 7.15. The number of ether oxygens (including phenoxy) is 1. The van der Waals surface area contributed by atoms with Gasteiger partial charge in [0.15, 0.2) is 5.82 Å². The summed E-state index contributed by atoms with van der Waals surface area (Å²) in [6.45, 7) is 2.58. The molecule has 0 amide bonds. The fourth-order valence-corrected chi connectivity index (χ4v) is 3.43. The molecule has 0 spiro atoms. The summed E-state index contributed by atoms with van der Waals surface area (Å²) in [5.74, 6) is 1.38. The average molecular weight is 349 g/mol. The first kappa shape index (κ1) is 15.5. The lowest BCUT2D eigenvalue weighted by Crippen LogP contribution is -2.23. The van der Waals surface area contributed by atoms with Gasteiger partial charge in [-0.3, -0.25) is 4.79 Å². The van der Waals surface area contributed by atoms with E-state index in [9.17, 15) is 4.79 Å². The van der Waals surface area contributed by atoms with Crippen LogP contribution in [0, 0.1) is 0 Å². The predicted octanol–water partition coefficient (Wildman–Crippen LogP) is 2.76. The van der Waals surface area contributed by atoms with Gasteiger partial charge < -0.3 is 4.74 Å². The van der Waals surface area contributed by atoms with E-state index in [4.69, 9.17) is 4.74 Å². The zero-order valence-corrected chi connectivity index (χ0v) is 14.4. The molecular weight excluding hydrogens is 334 g/mol. The zero-order chi connectivity index (χ0) is 17.2. The molecule has 0 aliphatic heterocycles. The number of aromatic nitrogens is 3. The summed E-state index contributed by atoms with van der Waals surface area (Å²) in [7, 11) is 0. The van der Waals surface area contributed by atoms with Gasteiger partial charge in [-0.25, -0.2) is 0 Å². The second-order valence-corrected chi connectivity index (χ2v) is 6.42. The molecular formula is C19H15N3O2S. The number of fused-ring (bicyclic) bond motifs is 1. The maximum Gasteiger partial charge on any atom is 0.291 e. The van der Waals surface area contributed by atoms with Gasteiger partial charge in [0.05, 0.1) is 11.1 Å². The van der Waals surface area contributed by atoms with Gasteiger partial charge in [-0.1, -0.05) is 53.8 Å². The van der Waals surface area contributed by atoms with E-state index >= 15 is 0 Å². The van der Waals surface area contributed by atoms with Crippen LogP contribution in [0.3, 0.4) is 0 Å². The second-order valence-electron chi connectivity index (χ2n) is 5.41. The van der Waals surface area contributed by atoms with Crippen LogP contribution in [-0.2, 0) is 0 Å². The summed E-state index contributed by atoms with van der Waals surface area (Å²) in [5, 5.41) is 4.35. The molecule has 0 atom stereocenters. The SMILES string of the molecule is CCOc1ccc(/C=c2/sc3nc(-c4ccccc4)nn3c2=O)cc1. The molecule has 0 unspecified atom stereocenters. The first-order chi connectivity index (χ1) is 12.2. The summed E-state index contributed by atoms with van der Waals surface area (Å²) < 4.78 is 7.41. The van der Waals surface area contributed by atoms with Crippen LogP contribution in [0.25, 0.3) is 22.4 Å². The van der Waals surface area contributed by atoms with Crippen LogP contribution in [0.15, 0.2) is 59.4 Å². The zero-order valence-electron chi connectivity index (χ0n) is 13.5. The van der Waals surface area contributed by atoms with Gasteiger partial charge in [0.1, 0.15) is 5.75 Å². The van der Waals surface area contributed by atoms with E-state index in [1.165, 1.54) is 15.9 Å². The van der Waals surface area contributed by atoms with Gasteiger partial charge >= 0.3 is 0 Å². The standard InChI is InChI=1S/C19H15N3O2S/c1-2-24-15-10-8-13(9-11-15)12-16-18(23)22-19(25-16)20-17(21-22)14-6-4-3-5-7-14/h3-12H,2H2,1H3/b16-12+. The Kier molecular flexibility index (Phi) is 4.03. The van der Waals surface area contributed by atoms with Crippen LogP contribution in [0.1, 0.15) is 12.5 Å². The molecule has 0 radical (unpaired) electrons. The van der Waals surface area contributed by atoms with E-state index < -0.39 is 0 Å². The second kappa shape index (κ2) is 6.49. The average Bonchev–Trinajstić information content (AvgIpc) is 3.18. The fourth-order valence-electron chi connectivity index (χ4n) is 2.52. The molecule has 5 nitrogen and oxygen atoms in total. The van der Waals surface area contributed by atoms with Crippen LogP contribution >= 0.6 is 11.3 Å². The van der Waals surface area contributed by atoms with Crippen molar-refractivity contribution in [2.24, 2.45) is 0 Å². The summed E-state index contributed by atoms with van der Waals surface area (Å²) in [5.41, 5.74) is 1.69. The number of nitrogens with zero attached hydrogens (tertiary/aromatic N) is 3. The highest BCUT2D eigenvalue weighted by Gasteiger charge is 2.11. The van der Waals surface area contributed by atoms with Gasteiger partial charge in [-0.15, -0.1) is 5.10 Å². The van der Waals surface area contributed by atoms with Gasteiger partial charge in [-0.2, -0.15) is 9.50 Å². The first-order valence-electron chi connectivity index (χ1n) is 7.94. The van der Waals surface area contributed by atoms with Gasteiger partial charge in [0, 0.05) is 5.56 Å². The molecule has 0 aliphatic carbocycles. The van der Waals surface area contributed by atoms with Crippen LogP contribution in [0.2, 0.25) is 0 Å². The van der Waals surface area contributed by atoms with Crippen LogP contribution in [0.5, 0.6) is 5.75 Å². The van der Waals surface area contributed by atoms with E-state index in [0.29, 0.717) is 21.9 Å². The molecule has 2 aromatic carbocycles. The van der Waals surface area contributed by atoms with Crippen molar-refractivity contribution in [3.63, 3.8) is 0 Å². The van der Waals surface area contributed by atoms with Crippen molar-refractivity contribution >= 4 is 22.4 Å². The van der Waals surface area contributed by atoms with Crippen molar-refractivity contribution in [2.45, 2.75) is 6.92 Å². The van der Waals surface area contributed by atoms with Crippen LogP contribution in [-0.4, -0.2) is 21.2 Å². The third-order valence-corrected chi connectivity index (χ3v) is 4.66. The summed E-state index contributed by atoms with van der Waals surface area (Å²) in [6, 6.07) is 17.3. The van der Waals surface area contributed by atoms with Gasteiger partial charge in [0.2, 0.25) is 4.96 Å². The minimum Gasteiger partial charge on any atom is -0.494 e. The Morgan fingerprint density at radius 3 is 2.56 bits per heavy atom. The molecule has 0 N–H and O–H groups in total. The van der Waals surface area contributed by atoms with Crippen LogP contribution in [0.4, 0.5) is 0 Å². The Labute approximate surface area is 147 Å². The van der Waals surface area contributed by atoms with Crippen molar-refractivity contribution in [3.8, 4) is 17.1 Å². The molecule has 4 aromatic rings. The highest BCUT2D eigenvalue weighted by atomic mass is 32.1. The number of rotatable bonds is 4. The maximum atomic E-state index is 12.6. The molecule has 25 heavy (non-hydrogen) atoms. The minimum atomic E-state index is -0.149. The van der Waals surface area contributed by atoms with Crippen LogP contribution < -0.4 is 14.8 Å². The lowest BCUT2D eigenvalue weighted by molar-refractivity contribution is 0.340. The Balaban J connectivity index is 1.72. The Morgan fingerprint density at radius 1 is 1.12 bits per heavy atom. The molecule has 6 heteroatoms. The fraction of sp³-hybridized carbons (Fsp3) is 0.105. The molecule has 0 saturated heterocycles. The quantitative estimate of drug-likeness (QED) is 0.568. The Hall–Kier alpha value is -2.99. The Morgan fingerprint density at radius 2 is 1.88 bits per heavy atom. The van der Waals surface area contributed by atoms with Crippen molar-refractivity contribution in [1.29, 1.82) is 0 Å². The third kappa shape index (κ3) is 3.04. The highest BCUT2D eigenvalue weighted by Crippen LogP contribution is 2.16. The molecule has 0 aliphatic rings. The largest absolute Gasteiger partial charge is 0.494 e. The normalized spacial score (nSPS) is 12.0. The van der Waals surface area contributed by atoms with Crippen molar-refractivity contribution in [2.75, 3.05) is 6.61 Å². The topological polar surface area (TPSA) is 56.5 Å². The first-order valence-corrected chi connectivity index (χ1v) is 8.76. The van der Waals surface area contributed by atoms with E-state index in [1.54, 1.807) is 0 Å². The van der Waals surface area contributed by atoms with E-state index in [1.807, 2.05) is 67.6 Å². The minimum absolute atomic E-state index is 0.149. The van der Waals surface area contributed by atoms with E-state index in [2.05, 4.69) is 10.1 Å². The molecule has 124 valence electrons. The van der Waals surface area contributed by atoms with E-state index in [-0.39, 0.29) is 5.56 Å². The molecule has 2 aromatic heterocycles. The van der Waals surface area contributed by atoms with Crippen molar-refractivity contribution in [1.82, 2.24) is 14.6 Å². The molecule has 0 saturated carbocycles. The third-order valence-electron chi connectivity index (χ3n) is 3.70. The molecule has 2 heterocycles. The lowest BCUT2D eigenvalue weighted by atomic mass is 10.2. The monoisotopic (exact) mass is 349 g/mol. The lowest BCUT2D eigenvalue weighted by Gasteiger charge is -2.01. The molecule has 0 bridgehead atoms. The van der Waals surface area contributed by atoms with E-state index in [0.717, 1.165) is 16.9 Å². The van der Waals surface area contributed by atoms with Gasteiger partial charge in [0.25, 0.3) is 5.56 Å². The number of hydrogen-bond acceptors (Lipinski definition) is 5. The smallest absolute Gasteiger partial charge is 0.291 e. The molecule has 4 rings (SSSR count). The summed E-state index contributed by atoms with van der Waals surface area (Å²) >= 11 is 1.34. The van der Waals surface area contributed by atoms with Gasteiger partial charge in [-0.05, 0) is 30.7 Å². The summed E-state index contributed by atoms with van der Waals surface area (Å²) in [4.78, 5) is 17.6. The maximum absolute atomic E-state index is 12.6. The molecule has 0 fully saturated rings. The van der Waals surface area contributed by atoms with Crippen molar-refractivity contribution in [3.05, 3.63) is 75.0 Å². The van der Waals surface area contributed by atoms with Crippen molar-refractivity contribution < 1.29 is 4.74 Å². The summed E-state index contributed by atoms with van der Waals surface area (Å²) in [6.07, 6.45) is 1.85. The number of benzene rings is 2. The number of thiazole rings is 1.